The molecule has 6 nitrogen and oxygen atoms in total. The van der Waals surface area contributed by atoms with Gasteiger partial charge in [0.25, 0.3) is 0 Å². The highest BCUT2D eigenvalue weighted by Gasteiger charge is 2.15. The number of ether oxygens (including phenoxy) is 2. The maximum Gasteiger partial charge on any atom is 0.338 e. The van der Waals surface area contributed by atoms with E-state index >= 15 is 0 Å². The first-order valence-corrected chi connectivity index (χ1v) is 11.4. The zero-order valence-corrected chi connectivity index (χ0v) is 18.9. The first kappa shape index (κ1) is 22.9. The number of nitrogens with zero attached hydrogens (tertiary/aromatic N) is 3. The van der Waals surface area contributed by atoms with Crippen molar-refractivity contribution in [2.75, 3.05) is 13.2 Å². The number of rotatable bonds is 10. The summed E-state index contributed by atoms with van der Waals surface area (Å²) < 4.78 is 13.0. The predicted molar refractivity (Wildman–Crippen MR) is 122 cm³/mol. The Labute approximate surface area is 187 Å². The molecule has 0 saturated heterocycles. The number of carbonyl (C=O) groups is 1. The van der Waals surface area contributed by atoms with Gasteiger partial charge in [0, 0.05) is 18.9 Å². The number of fused-ring (bicyclic) bond motifs is 1. The fraction of sp³-hybridized carbons (Fsp3) is 0.375. The van der Waals surface area contributed by atoms with Crippen LogP contribution in [-0.4, -0.2) is 34.8 Å². The molecular formula is C24H27N3O3S. The molecule has 0 amide bonds. The molecule has 0 spiro atoms. The number of hydrogen-bond donors (Lipinski definition) is 0. The molecular weight excluding hydrogens is 410 g/mol. The van der Waals surface area contributed by atoms with Crippen molar-refractivity contribution < 1.29 is 14.3 Å². The topological polar surface area (TPSA) is 77.1 Å². The molecule has 0 aliphatic carbocycles. The van der Waals surface area contributed by atoms with Crippen molar-refractivity contribution >= 4 is 28.8 Å². The van der Waals surface area contributed by atoms with Gasteiger partial charge in [-0.2, -0.15) is 5.26 Å². The van der Waals surface area contributed by atoms with Gasteiger partial charge in [-0.25, -0.2) is 9.78 Å². The molecule has 2 aromatic carbocycles. The van der Waals surface area contributed by atoms with Gasteiger partial charge in [-0.05, 0) is 63.1 Å². The molecule has 0 aliphatic rings. The van der Waals surface area contributed by atoms with Crippen molar-refractivity contribution in [3.05, 3.63) is 59.2 Å². The Morgan fingerprint density at radius 2 is 2.00 bits per heavy atom. The van der Waals surface area contributed by atoms with Gasteiger partial charge in [-0.15, -0.1) is 0 Å². The van der Waals surface area contributed by atoms with E-state index in [2.05, 4.69) is 10.6 Å². The van der Waals surface area contributed by atoms with Crippen LogP contribution in [0.15, 0.2) is 47.6 Å². The third kappa shape index (κ3) is 6.09. The minimum absolute atomic E-state index is 0.205. The summed E-state index contributed by atoms with van der Waals surface area (Å²) in [6, 6.07) is 15.2. The average molecular weight is 438 g/mol. The smallest absolute Gasteiger partial charge is 0.338 e. The van der Waals surface area contributed by atoms with Crippen molar-refractivity contribution in [2.45, 2.75) is 50.8 Å². The van der Waals surface area contributed by atoms with E-state index in [0.29, 0.717) is 24.3 Å². The van der Waals surface area contributed by atoms with Crippen LogP contribution >= 0.6 is 11.8 Å². The number of hydrogen-bond acceptors (Lipinski definition) is 6. The number of aromatic nitrogens is 2. The quantitative estimate of drug-likeness (QED) is 0.247. The van der Waals surface area contributed by atoms with E-state index in [1.165, 1.54) is 0 Å². The number of esters is 1. The summed E-state index contributed by atoms with van der Waals surface area (Å²) in [4.78, 5) is 16.9. The molecule has 1 aromatic heterocycles. The second-order valence-corrected chi connectivity index (χ2v) is 8.28. The van der Waals surface area contributed by atoms with E-state index in [9.17, 15) is 4.79 Å². The summed E-state index contributed by atoms with van der Waals surface area (Å²) in [5, 5.41) is 9.87. The number of nitriles is 1. The Kier molecular flexibility index (Phi) is 8.10. The minimum atomic E-state index is -0.337. The van der Waals surface area contributed by atoms with E-state index in [-0.39, 0.29) is 12.1 Å². The van der Waals surface area contributed by atoms with Crippen LogP contribution in [0, 0.1) is 11.3 Å². The van der Waals surface area contributed by atoms with Gasteiger partial charge in [0.15, 0.2) is 5.16 Å². The molecule has 0 fully saturated rings. The Morgan fingerprint density at radius 1 is 1.23 bits per heavy atom. The summed E-state index contributed by atoms with van der Waals surface area (Å²) in [7, 11) is 0. The van der Waals surface area contributed by atoms with Crippen LogP contribution in [-0.2, 0) is 21.8 Å². The third-order valence-corrected chi connectivity index (χ3v) is 5.70. The molecule has 162 valence electrons. The van der Waals surface area contributed by atoms with Gasteiger partial charge >= 0.3 is 5.97 Å². The van der Waals surface area contributed by atoms with Gasteiger partial charge in [0.1, 0.15) is 0 Å². The van der Waals surface area contributed by atoms with E-state index in [4.69, 9.17) is 19.7 Å². The Balaban J connectivity index is 1.83. The molecule has 7 heteroatoms. The van der Waals surface area contributed by atoms with Crippen molar-refractivity contribution in [1.82, 2.24) is 9.55 Å². The summed E-state index contributed by atoms with van der Waals surface area (Å²) in [6.07, 6.45) is 1.07. The molecule has 0 bridgehead atoms. The Morgan fingerprint density at radius 3 is 2.68 bits per heavy atom. The fourth-order valence-corrected chi connectivity index (χ4v) is 4.14. The molecule has 0 atom stereocenters. The lowest BCUT2D eigenvalue weighted by Gasteiger charge is -2.11. The number of thioether (sulfide) groups is 1. The first-order valence-electron chi connectivity index (χ1n) is 10.4. The molecule has 0 radical (unpaired) electrons. The zero-order valence-electron chi connectivity index (χ0n) is 18.1. The number of benzene rings is 2. The molecule has 0 unspecified atom stereocenters. The molecule has 3 aromatic rings. The van der Waals surface area contributed by atoms with Crippen molar-refractivity contribution in [3.8, 4) is 6.07 Å². The lowest BCUT2D eigenvalue weighted by molar-refractivity contribution is 0.0526. The largest absolute Gasteiger partial charge is 0.462 e. The van der Waals surface area contributed by atoms with E-state index < -0.39 is 0 Å². The van der Waals surface area contributed by atoms with Crippen LogP contribution in [0.2, 0.25) is 0 Å². The van der Waals surface area contributed by atoms with Gasteiger partial charge < -0.3 is 14.0 Å². The highest BCUT2D eigenvalue weighted by molar-refractivity contribution is 7.98. The van der Waals surface area contributed by atoms with Crippen molar-refractivity contribution in [2.24, 2.45) is 0 Å². The monoisotopic (exact) mass is 437 g/mol. The maximum atomic E-state index is 12.1. The van der Waals surface area contributed by atoms with Crippen LogP contribution in [0.25, 0.3) is 11.0 Å². The van der Waals surface area contributed by atoms with E-state index in [0.717, 1.165) is 40.5 Å². The van der Waals surface area contributed by atoms with Crippen molar-refractivity contribution in [3.63, 3.8) is 0 Å². The van der Waals surface area contributed by atoms with E-state index in [1.807, 2.05) is 44.2 Å². The fourth-order valence-electron chi connectivity index (χ4n) is 3.14. The summed E-state index contributed by atoms with van der Waals surface area (Å²) >= 11 is 1.64. The number of carbonyl (C=O) groups excluding carboxylic acids is 1. The lowest BCUT2D eigenvalue weighted by atomic mass is 10.2. The Bertz CT molecular complexity index is 1070. The average Bonchev–Trinajstić information content (AvgIpc) is 3.12. The normalized spacial score (nSPS) is 11.1. The highest BCUT2D eigenvalue weighted by atomic mass is 32.2. The first-order chi connectivity index (χ1) is 15.0. The van der Waals surface area contributed by atoms with Crippen LogP contribution in [0.1, 0.15) is 48.7 Å². The standard InChI is InChI=1S/C24H27N3O3S/c1-4-29-23(28)20-10-11-22-21(14-20)26-24(27(22)12-5-13-30-17(2)3)31-16-19-8-6-18(15-25)7-9-19/h6-11,14,17H,4-5,12-13,16H2,1-3H3. The van der Waals surface area contributed by atoms with Crippen LogP contribution in [0.3, 0.4) is 0 Å². The number of imidazole rings is 1. The highest BCUT2D eigenvalue weighted by Crippen LogP contribution is 2.28. The van der Waals surface area contributed by atoms with Crippen molar-refractivity contribution in [1.29, 1.82) is 5.26 Å². The Hall–Kier alpha value is -2.82. The third-order valence-electron chi connectivity index (χ3n) is 4.65. The molecule has 3 rings (SSSR count). The van der Waals surface area contributed by atoms with Gasteiger partial charge in [-0.1, -0.05) is 23.9 Å². The summed E-state index contributed by atoms with van der Waals surface area (Å²) in [5.74, 6) is 0.401. The van der Waals surface area contributed by atoms with Crippen LogP contribution < -0.4 is 0 Å². The lowest BCUT2D eigenvalue weighted by Crippen LogP contribution is -2.08. The van der Waals surface area contributed by atoms with E-state index in [1.54, 1.807) is 30.8 Å². The maximum absolute atomic E-state index is 12.1. The second-order valence-electron chi connectivity index (χ2n) is 7.34. The second kappa shape index (κ2) is 11.0. The molecule has 1 heterocycles. The van der Waals surface area contributed by atoms with Crippen LogP contribution in [0.4, 0.5) is 0 Å². The molecule has 31 heavy (non-hydrogen) atoms. The van der Waals surface area contributed by atoms with Gasteiger partial charge in [-0.3, -0.25) is 0 Å². The molecule has 0 N–H and O–H groups in total. The SMILES string of the molecule is CCOC(=O)c1ccc2c(c1)nc(SCc1ccc(C#N)cc1)n2CCCOC(C)C. The summed E-state index contributed by atoms with van der Waals surface area (Å²) in [5.41, 5.74) is 4.04. The van der Waals surface area contributed by atoms with Crippen LogP contribution in [0.5, 0.6) is 0 Å². The van der Waals surface area contributed by atoms with Gasteiger partial charge in [0.05, 0.1) is 40.9 Å². The molecule has 0 saturated carbocycles. The predicted octanol–water partition coefficient (Wildman–Crippen LogP) is 5.19. The number of aryl methyl sites for hydroxylation is 1. The minimum Gasteiger partial charge on any atom is -0.462 e. The van der Waals surface area contributed by atoms with Gasteiger partial charge in [0.2, 0.25) is 0 Å². The molecule has 0 aliphatic heterocycles. The zero-order chi connectivity index (χ0) is 22.2. The summed E-state index contributed by atoms with van der Waals surface area (Å²) in [6.45, 7) is 7.65.